The minimum Gasteiger partial charge on any atom is -0.474 e. The molecule has 2 amide bonds. The highest BCUT2D eigenvalue weighted by molar-refractivity contribution is 5.90. The van der Waals surface area contributed by atoms with Crippen molar-refractivity contribution < 1.29 is 28.2 Å². The summed E-state index contributed by atoms with van der Waals surface area (Å²) >= 11 is 0. The van der Waals surface area contributed by atoms with E-state index in [2.05, 4.69) is 20.6 Å². The van der Waals surface area contributed by atoms with Crippen LogP contribution in [-0.4, -0.2) is 71.4 Å². The van der Waals surface area contributed by atoms with E-state index in [1.807, 2.05) is 51.2 Å². The molecule has 214 valence electrons. The van der Waals surface area contributed by atoms with Crippen LogP contribution in [0.2, 0.25) is 0 Å². The number of para-hydroxylation sites is 1. The molecule has 0 bridgehead atoms. The number of ether oxygens (including phenoxy) is 2. The quantitative estimate of drug-likeness (QED) is 0.424. The second-order valence-electron chi connectivity index (χ2n) is 11.2. The monoisotopic (exact) mass is 555 g/mol. The Kier molecular flexibility index (Phi) is 7.80. The third-order valence-electron chi connectivity index (χ3n) is 7.61. The molecule has 3 atom stereocenters. The Morgan fingerprint density at radius 2 is 1.95 bits per heavy atom. The topological polar surface area (TPSA) is 101 Å². The van der Waals surface area contributed by atoms with E-state index in [4.69, 9.17) is 9.47 Å². The Balaban J connectivity index is 1.40. The van der Waals surface area contributed by atoms with E-state index in [-0.39, 0.29) is 12.5 Å². The summed E-state index contributed by atoms with van der Waals surface area (Å²) in [7, 11) is 2.03. The zero-order valence-electron chi connectivity index (χ0n) is 23.1. The van der Waals surface area contributed by atoms with Crippen molar-refractivity contribution in [3.05, 3.63) is 70.8 Å². The van der Waals surface area contributed by atoms with Crippen LogP contribution in [0.4, 0.5) is 19.4 Å². The second-order valence-corrected chi connectivity index (χ2v) is 11.2. The number of morpholine rings is 1. The number of nitrogens with zero attached hydrogens (tertiary/aromatic N) is 3. The first-order valence-electron chi connectivity index (χ1n) is 13.4. The molecule has 0 radical (unpaired) electrons. The van der Waals surface area contributed by atoms with E-state index in [1.165, 1.54) is 0 Å². The van der Waals surface area contributed by atoms with Crippen LogP contribution in [0.3, 0.4) is 0 Å². The van der Waals surface area contributed by atoms with Crippen molar-refractivity contribution in [3.8, 4) is 11.6 Å². The molecule has 0 saturated carbocycles. The maximum Gasteiger partial charge on any atom is 0.320 e. The zero-order chi connectivity index (χ0) is 28.6. The number of hydrogen-bond acceptors (Lipinski definition) is 6. The third-order valence-corrected chi connectivity index (χ3v) is 7.61. The summed E-state index contributed by atoms with van der Waals surface area (Å²) in [6.45, 7) is 8.00. The number of hydrogen-bond donors (Lipinski definition) is 3. The minimum absolute atomic E-state index is 0.109. The summed E-state index contributed by atoms with van der Waals surface area (Å²) in [4.78, 5) is 15.5. The number of amides is 2. The number of rotatable bonds is 6. The van der Waals surface area contributed by atoms with Gasteiger partial charge in [-0.2, -0.15) is 0 Å². The molecule has 1 aliphatic heterocycles. The number of urea groups is 1. The number of carbonyl (C=O) groups is 1. The van der Waals surface area contributed by atoms with Crippen molar-refractivity contribution in [2.75, 3.05) is 38.7 Å². The highest BCUT2D eigenvalue weighted by Gasteiger charge is 2.40. The van der Waals surface area contributed by atoms with E-state index in [1.54, 1.807) is 11.6 Å². The molecule has 2 heterocycles. The average Bonchev–Trinajstić information content (AvgIpc) is 3.21. The van der Waals surface area contributed by atoms with E-state index < -0.39 is 35.2 Å². The molecule has 2 aliphatic rings. The largest absolute Gasteiger partial charge is 0.474 e. The van der Waals surface area contributed by atoms with Crippen molar-refractivity contribution in [3.63, 3.8) is 0 Å². The highest BCUT2D eigenvalue weighted by atomic mass is 19.2. The number of anilines is 1. The van der Waals surface area contributed by atoms with Crippen LogP contribution in [0.1, 0.15) is 43.0 Å². The summed E-state index contributed by atoms with van der Waals surface area (Å²) in [5, 5.41) is 21.1. The molecule has 1 saturated heterocycles. The number of halogens is 2. The lowest BCUT2D eigenvalue weighted by molar-refractivity contribution is -0.0411. The number of benzene rings is 2. The van der Waals surface area contributed by atoms with Crippen LogP contribution in [0.15, 0.2) is 42.5 Å². The highest BCUT2D eigenvalue weighted by Crippen LogP contribution is 2.42. The standard InChI is InChI=1S/C29H35F2N5O4/c1-17-26(33-28(38)32-25-20-12-22(30)23(31)13-21(20)29(2,3)14-24(25)37)36(18-8-6-5-7-9-18)34-27(17)40-16-19-15-35(4)10-11-39-19/h5-9,12-13,19,24-25,37H,10-11,14-16H2,1-4H3,(H2,32,33,38)/t19-,24+,25+/m1/s1. The fraction of sp³-hybridized carbons (Fsp3) is 0.448. The molecule has 3 aromatic rings. The van der Waals surface area contributed by atoms with Gasteiger partial charge in [0.2, 0.25) is 5.88 Å². The zero-order valence-corrected chi connectivity index (χ0v) is 23.1. The molecule has 2 aromatic carbocycles. The molecule has 5 rings (SSSR count). The van der Waals surface area contributed by atoms with Crippen LogP contribution >= 0.6 is 0 Å². The van der Waals surface area contributed by atoms with Gasteiger partial charge in [0, 0.05) is 13.1 Å². The Labute approximate surface area is 232 Å². The average molecular weight is 556 g/mol. The van der Waals surface area contributed by atoms with Crippen molar-refractivity contribution in [1.82, 2.24) is 20.0 Å². The van der Waals surface area contributed by atoms with Crippen molar-refractivity contribution in [1.29, 1.82) is 0 Å². The number of carbonyl (C=O) groups excluding carboxylic acids is 1. The lowest BCUT2D eigenvalue weighted by Gasteiger charge is -2.40. The van der Waals surface area contributed by atoms with Crippen LogP contribution in [0.5, 0.6) is 5.88 Å². The Morgan fingerprint density at radius 1 is 1.23 bits per heavy atom. The van der Waals surface area contributed by atoms with Crippen LogP contribution < -0.4 is 15.4 Å². The first kappa shape index (κ1) is 28.0. The predicted octanol–water partition coefficient (Wildman–Crippen LogP) is 4.07. The molecule has 1 aromatic heterocycles. The number of fused-ring (bicyclic) bond motifs is 1. The van der Waals surface area contributed by atoms with Gasteiger partial charge in [-0.25, -0.2) is 18.3 Å². The first-order valence-corrected chi connectivity index (χ1v) is 13.4. The second kappa shape index (κ2) is 11.1. The fourth-order valence-corrected chi connectivity index (χ4v) is 5.48. The van der Waals surface area contributed by atoms with E-state index in [0.29, 0.717) is 47.3 Å². The number of aromatic nitrogens is 2. The van der Waals surface area contributed by atoms with Gasteiger partial charge >= 0.3 is 6.03 Å². The molecular weight excluding hydrogens is 520 g/mol. The molecular formula is C29H35F2N5O4. The molecule has 11 heteroatoms. The Bertz CT molecular complexity index is 1380. The third kappa shape index (κ3) is 5.67. The first-order chi connectivity index (χ1) is 19.0. The summed E-state index contributed by atoms with van der Waals surface area (Å²) in [6, 6.07) is 9.90. The van der Waals surface area contributed by atoms with E-state index in [0.717, 1.165) is 25.2 Å². The maximum atomic E-state index is 14.2. The van der Waals surface area contributed by atoms with E-state index in [9.17, 15) is 18.7 Å². The number of aliphatic hydroxyl groups excluding tert-OH is 1. The molecule has 1 fully saturated rings. The van der Waals surface area contributed by atoms with E-state index >= 15 is 0 Å². The molecule has 9 nitrogen and oxygen atoms in total. The van der Waals surface area contributed by atoms with Gasteiger partial charge in [-0.15, -0.1) is 5.10 Å². The Morgan fingerprint density at radius 3 is 2.67 bits per heavy atom. The summed E-state index contributed by atoms with van der Waals surface area (Å²) in [6.07, 6.45) is -0.860. The molecule has 0 spiro atoms. The van der Waals surface area contributed by atoms with Gasteiger partial charge in [0.15, 0.2) is 11.6 Å². The number of aliphatic hydroxyl groups is 1. The number of likely N-dealkylation sites (N-methyl/N-ethyl adjacent to an activating group) is 1. The van der Waals surface area contributed by atoms with Gasteiger partial charge in [0.05, 0.1) is 30.0 Å². The van der Waals surface area contributed by atoms with Gasteiger partial charge in [-0.3, -0.25) is 5.32 Å². The normalized spacial score (nSPS) is 22.4. The predicted molar refractivity (Wildman–Crippen MR) is 146 cm³/mol. The lowest BCUT2D eigenvalue weighted by Crippen LogP contribution is -2.45. The van der Waals surface area contributed by atoms with Crippen molar-refractivity contribution in [2.45, 2.75) is 50.9 Å². The molecule has 1 aliphatic carbocycles. The van der Waals surface area contributed by atoms with Crippen LogP contribution in [0.25, 0.3) is 5.69 Å². The smallest absolute Gasteiger partial charge is 0.320 e. The molecule has 0 unspecified atom stereocenters. The minimum atomic E-state index is -1.04. The fourth-order valence-electron chi connectivity index (χ4n) is 5.48. The Hall–Kier alpha value is -3.54. The van der Waals surface area contributed by atoms with Crippen LogP contribution in [0, 0.1) is 18.6 Å². The van der Waals surface area contributed by atoms with Gasteiger partial charge in [-0.05, 0) is 61.2 Å². The van der Waals surface area contributed by atoms with Crippen molar-refractivity contribution in [2.24, 2.45) is 0 Å². The lowest BCUT2D eigenvalue weighted by atomic mass is 9.69. The summed E-state index contributed by atoms with van der Waals surface area (Å²) in [5.74, 6) is -1.29. The molecule has 40 heavy (non-hydrogen) atoms. The maximum absolute atomic E-state index is 14.2. The van der Waals surface area contributed by atoms with Gasteiger partial charge in [0.25, 0.3) is 0 Å². The van der Waals surface area contributed by atoms with Gasteiger partial charge in [-0.1, -0.05) is 32.0 Å². The summed E-state index contributed by atoms with van der Waals surface area (Å²) in [5.41, 5.74) is 1.57. The van der Waals surface area contributed by atoms with Crippen molar-refractivity contribution >= 4 is 11.8 Å². The summed E-state index contributed by atoms with van der Waals surface area (Å²) < 4.78 is 41.8. The SMILES string of the molecule is Cc1c(OC[C@H]2CN(C)CCO2)nn(-c2ccccc2)c1NC(=O)N[C@H]1c2cc(F)c(F)cc2C(C)(C)C[C@@H]1O. The van der Waals surface area contributed by atoms with Gasteiger partial charge < -0.3 is 24.8 Å². The van der Waals surface area contributed by atoms with Crippen LogP contribution in [-0.2, 0) is 10.2 Å². The number of nitrogens with one attached hydrogen (secondary N) is 2. The molecule has 3 N–H and O–H groups in total. The van der Waals surface area contributed by atoms with Gasteiger partial charge in [0.1, 0.15) is 18.5 Å².